The molecule has 0 spiro atoms. The maximum atomic E-state index is 8.29. The molecular formula is C22H37N3. The Morgan fingerprint density at radius 3 is 2.32 bits per heavy atom. The topological polar surface area (TPSA) is 47.8 Å². The summed E-state index contributed by atoms with van der Waals surface area (Å²) < 4.78 is 0. The van der Waals surface area contributed by atoms with Crippen LogP contribution in [0.2, 0.25) is 0 Å². The summed E-state index contributed by atoms with van der Waals surface area (Å²) in [6.07, 6.45) is 8.45. The summed E-state index contributed by atoms with van der Waals surface area (Å²) in [5.74, 6) is 1.88. The van der Waals surface area contributed by atoms with Gasteiger partial charge in [-0.1, -0.05) is 51.8 Å². The predicted molar refractivity (Wildman–Crippen MR) is 108 cm³/mol. The van der Waals surface area contributed by atoms with E-state index >= 15 is 0 Å². The number of hydrogen-bond acceptors (Lipinski definition) is 3. The van der Waals surface area contributed by atoms with Gasteiger partial charge in [-0.05, 0) is 69.3 Å². The summed E-state index contributed by atoms with van der Waals surface area (Å²) in [4.78, 5) is 0. The van der Waals surface area contributed by atoms with Crippen LogP contribution >= 0.6 is 0 Å². The third kappa shape index (κ3) is 9.63. The van der Waals surface area contributed by atoms with Gasteiger partial charge in [-0.25, -0.2) is 0 Å². The lowest BCUT2D eigenvalue weighted by Crippen LogP contribution is -2.39. The van der Waals surface area contributed by atoms with Crippen molar-refractivity contribution in [3.8, 4) is 6.07 Å². The summed E-state index contributed by atoms with van der Waals surface area (Å²) in [5.41, 5.74) is 0.715. The summed E-state index contributed by atoms with van der Waals surface area (Å²) >= 11 is 0. The van der Waals surface area contributed by atoms with E-state index in [2.05, 4.69) is 17.6 Å². The normalized spacial score (nSPS) is 23.3. The average molecular weight is 344 g/mol. The van der Waals surface area contributed by atoms with Crippen LogP contribution in [0.3, 0.4) is 0 Å². The van der Waals surface area contributed by atoms with Gasteiger partial charge in [-0.2, -0.15) is 5.26 Å². The summed E-state index contributed by atoms with van der Waals surface area (Å²) in [7, 11) is 0. The molecule has 1 aromatic carbocycles. The zero-order valence-corrected chi connectivity index (χ0v) is 16.4. The number of rotatable bonds is 3. The number of piperidine rings is 1. The average Bonchev–Trinajstić information content (AvgIpc) is 2.70. The first-order valence-electron chi connectivity index (χ1n) is 10.2. The van der Waals surface area contributed by atoms with Crippen LogP contribution in [0.5, 0.6) is 0 Å². The minimum absolute atomic E-state index is 0.715. The van der Waals surface area contributed by atoms with Crippen LogP contribution in [0.25, 0.3) is 0 Å². The van der Waals surface area contributed by atoms with Gasteiger partial charge in [-0.15, -0.1) is 0 Å². The fourth-order valence-electron chi connectivity index (χ4n) is 3.55. The lowest BCUT2D eigenvalue weighted by molar-refractivity contribution is 0.273. The molecule has 3 rings (SSSR count). The molecule has 140 valence electrons. The monoisotopic (exact) mass is 343 g/mol. The second-order valence-corrected chi connectivity index (χ2v) is 7.05. The maximum absolute atomic E-state index is 8.29. The molecule has 2 atom stereocenters. The van der Waals surface area contributed by atoms with Gasteiger partial charge in [0.05, 0.1) is 11.6 Å². The highest BCUT2D eigenvalue weighted by Crippen LogP contribution is 2.23. The van der Waals surface area contributed by atoms with Crippen LogP contribution in [-0.4, -0.2) is 25.7 Å². The van der Waals surface area contributed by atoms with E-state index in [-0.39, 0.29) is 0 Å². The number of benzene rings is 1. The molecule has 1 saturated heterocycles. The Balaban J connectivity index is 0.000000264. The highest BCUT2D eigenvalue weighted by Gasteiger charge is 2.20. The van der Waals surface area contributed by atoms with Gasteiger partial charge in [0.25, 0.3) is 0 Å². The molecule has 1 saturated carbocycles. The van der Waals surface area contributed by atoms with Crippen molar-refractivity contribution in [3.63, 3.8) is 0 Å². The van der Waals surface area contributed by atoms with Crippen molar-refractivity contribution in [3.05, 3.63) is 35.9 Å². The van der Waals surface area contributed by atoms with Crippen LogP contribution in [0.1, 0.15) is 64.9 Å². The maximum Gasteiger partial charge on any atom is 0.0991 e. The van der Waals surface area contributed by atoms with Crippen LogP contribution < -0.4 is 10.6 Å². The fourth-order valence-corrected chi connectivity index (χ4v) is 3.55. The Hall–Kier alpha value is -1.37. The van der Waals surface area contributed by atoms with E-state index in [0.29, 0.717) is 5.56 Å². The van der Waals surface area contributed by atoms with Crippen molar-refractivity contribution in [1.82, 2.24) is 10.6 Å². The van der Waals surface area contributed by atoms with E-state index in [1.165, 1.54) is 58.2 Å². The molecule has 1 aromatic rings. The minimum atomic E-state index is 0.715. The molecule has 2 unspecified atom stereocenters. The molecule has 2 fully saturated rings. The van der Waals surface area contributed by atoms with E-state index in [1.54, 1.807) is 12.1 Å². The fraction of sp³-hybridized carbons (Fsp3) is 0.682. The van der Waals surface area contributed by atoms with Gasteiger partial charge in [0.2, 0.25) is 0 Å². The lowest BCUT2D eigenvalue weighted by atomic mass is 9.86. The van der Waals surface area contributed by atoms with Crippen LogP contribution in [0, 0.1) is 23.2 Å². The first-order chi connectivity index (χ1) is 12.3. The number of nitrogens with one attached hydrogen (secondary N) is 2. The molecule has 0 amide bonds. The SMILES string of the molecule is CC.CC1CCCC(NCC2CCNCC2)C1.N#Cc1ccccc1. The number of hydrogen-bond donors (Lipinski definition) is 2. The number of nitrogens with zero attached hydrogens (tertiary/aromatic N) is 1. The molecular weight excluding hydrogens is 306 g/mol. The van der Waals surface area contributed by atoms with Crippen molar-refractivity contribution in [1.29, 1.82) is 5.26 Å². The summed E-state index contributed by atoms with van der Waals surface area (Å²) in [6, 6.07) is 12.0. The summed E-state index contributed by atoms with van der Waals surface area (Å²) in [6.45, 7) is 10.1. The first-order valence-corrected chi connectivity index (χ1v) is 10.2. The van der Waals surface area contributed by atoms with Gasteiger partial charge in [0.15, 0.2) is 0 Å². The van der Waals surface area contributed by atoms with Crippen LogP contribution in [0.4, 0.5) is 0 Å². The number of nitriles is 1. The second kappa shape index (κ2) is 13.9. The largest absolute Gasteiger partial charge is 0.317 e. The highest BCUT2D eigenvalue weighted by atomic mass is 14.9. The Bertz CT molecular complexity index is 460. The molecule has 1 aliphatic heterocycles. The van der Waals surface area contributed by atoms with Crippen molar-refractivity contribution >= 4 is 0 Å². The van der Waals surface area contributed by atoms with E-state index in [4.69, 9.17) is 5.26 Å². The lowest BCUT2D eigenvalue weighted by Gasteiger charge is -2.30. The standard InChI is InChI=1S/C13H26N2.C7H5N.C2H6/c1-11-3-2-4-13(9-11)15-10-12-5-7-14-8-6-12;8-6-7-4-2-1-3-5-7;1-2/h11-15H,2-10H2,1H3;1-5H;1-2H3. The van der Waals surface area contributed by atoms with E-state index in [9.17, 15) is 0 Å². The van der Waals surface area contributed by atoms with E-state index in [1.807, 2.05) is 38.1 Å². The zero-order valence-electron chi connectivity index (χ0n) is 16.4. The zero-order chi connectivity index (χ0) is 18.3. The molecule has 3 heteroatoms. The Kier molecular flexibility index (Phi) is 12.0. The van der Waals surface area contributed by atoms with Crippen molar-refractivity contribution in [2.75, 3.05) is 19.6 Å². The predicted octanol–water partition coefficient (Wildman–Crippen LogP) is 4.74. The Morgan fingerprint density at radius 2 is 1.76 bits per heavy atom. The van der Waals surface area contributed by atoms with Crippen LogP contribution in [-0.2, 0) is 0 Å². The van der Waals surface area contributed by atoms with Gasteiger partial charge in [0, 0.05) is 6.04 Å². The third-order valence-electron chi connectivity index (χ3n) is 4.99. The molecule has 25 heavy (non-hydrogen) atoms. The first kappa shape index (κ1) is 21.7. The van der Waals surface area contributed by atoms with Crippen molar-refractivity contribution < 1.29 is 0 Å². The van der Waals surface area contributed by atoms with Crippen LogP contribution in [0.15, 0.2) is 30.3 Å². The Morgan fingerprint density at radius 1 is 1.08 bits per heavy atom. The molecule has 1 heterocycles. The summed E-state index contributed by atoms with van der Waals surface area (Å²) in [5, 5.41) is 15.5. The Labute approximate surface area is 155 Å². The smallest absolute Gasteiger partial charge is 0.0991 e. The van der Waals surface area contributed by atoms with Gasteiger partial charge in [-0.3, -0.25) is 0 Å². The molecule has 1 aliphatic carbocycles. The van der Waals surface area contributed by atoms with E-state index < -0.39 is 0 Å². The van der Waals surface area contributed by atoms with Crippen molar-refractivity contribution in [2.24, 2.45) is 11.8 Å². The molecule has 0 aromatic heterocycles. The quantitative estimate of drug-likeness (QED) is 0.833. The van der Waals surface area contributed by atoms with E-state index in [0.717, 1.165) is 17.9 Å². The molecule has 2 N–H and O–H groups in total. The van der Waals surface area contributed by atoms with Gasteiger partial charge in [0.1, 0.15) is 0 Å². The molecule has 0 radical (unpaired) electrons. The highest BCUT2D eigenvalue weighted by molar-refractivity contribution is 5.27. The van der Waals surface area contributed by atoms with Crippen molar-refractivity contribution in [2.45, 2.75) is 65.3 Å². The van der Waals surface area contributed by atoms with Gasteiger partial charge >= 0.3 is 0 Å². The molecule has 2 aliphatic rings. The minimum Gasteiger partial charge on any atom is -0.317 e. The third-order valence-corrected chi connectivity index (χ3v) is 4.99. The molecule has 3 nitrogen and oxygen atoms in total. The second-order valence-electron chi connectivity index (χ2n) is 7.05. The molecule has 0 bridgehead atoms. The van der Waals surface area contributed by atoms with Gasteiger partial charge < -0.3 is 10.6 Å².